The van der Waals surface area contributed by atoms with Gasteiger partial charge in [0.25, 0.3) is 0 Å². The third-order valence-corrected chi connectivity index (χ3v) is 4.03. The normalized spacial score (nSPS) is 26.0. The van der Waals surface area contributed by atoms with Crippen LogP contribution >= 0.6 is 11.3 Å². The zero-order valence-corrected chi connectivity index (χ0v) is 10.1. The van der Waals surface area contributed by atoms with E-state index in [2.05, 4.69) is 24.1 Å². The number of hydrogen-bond acceptors (Lipinski definition) is 4. The molecule has 2 rings (SSSR count). The Hall–Kier alpha value is -0.450. The van der Waals surface area contributed by atoms with E-state index >= 15 is 0 Å². The maximum Gasteiger partial charge on any atom is 0.0798 e. The fraction of sp³-hybridized carbons (Fsp3) is 0.727. The third-order valence-electron chi connectivity index (χ3n) is 3.09. The molecule has 4 heteroatoms. The van der Waals surface area contributed by atoms with E-state index in [0.29, 0.717) is 12.0 Å². The van der Waals surface area contributed by atoms with E-state index in [1.165, 1.54) is 11.3 Å². The van der Waals surface area contributed by atoms with Crippen LogP contribution in [-0.4, -0.2) is 24.2 Å². The van der Waals surface area contributed by atoms with Crippen molar-refractivity contribution in [3.63, 3.8) is 0 Å². The lowest BCUT2D eigenvalue weighted by Gasteiger charge is -2.16. The maximum absolute atomic E-state index is 5.49. The third kappa shape index (κ3) is 2.56. The molecule has 0 saturated carbocycles. The average molecular weight is 226 g/mol. The van der Waals surface area contributed by atoms with Crippen LogP contribution in [0.2, 0.25) is 0 Å². The van der Waals surface area contributed by atoms with Crippen LogP contribution < -0.4 is 5.32 Å². The summed E-state index contributed by atoms with van der Waals surface area (Å²) in [5.74, 6) is 0.679. The predicted octanol–water partition coefficient (Wildman–Crippen LogP) is 1.97. The van der Waals surface area contributed by atoms with Crippen molar-refractivity contribution >= 4 is 11.3 Å². The molecule has 0 aliphatic carbocycles. The molecule has 1 aromatic heterocycles. The van der Waals surface area contributed by atoms with Gasteiger partial charge in [0, 0.05) is 17.5 Å². The molecule has 3 nitrogen and oxygen atoms in total. The van der Waals surface area contributed by atoms with Crippen LogP contribution in [0.25, 0.3) is 0 Å². The predicted molar refractivity (Wildman–Crippen MR) is 62.1 cm³/mol. The molecule has 0 spiro atoms. The number of aromatic nitrogens is 1. The van der Waals surface area contributed by atoms with Gasteiger partial charge in [0.05, 0.1) is 24.4 Å². The molecular weight excluding hydrogens is 208 g/mol. The zero-order valence-electron chi connectivity index (χ0n) is 9.32. The Bertz CT molecular complexity index is 313. The number of rotatable bonds is 4. The summed E-state index contributed by atoms with van der Waals surface area (Å²) in [6.45, 7) is 7.00. The first-order chi connectivity index (χ1) is 7.31. The topological polar surface area (TPSA) is 34.1 Å². The summed E-state index contributed by atoms with van der Waals surface area (Å²) in [4.78, 5) is 5.59. The van der Waals surface area contributed by atoms with E-state index < -0.39 is 0 Å². The average Bonchev–Trinajstić information content (AvgIpc) is 2.83. The van der Waals surface area contributed by atoms with E-state index in [1.54, 1.807) is 11.3 Å². The van der Waals surface area contributed by atoms with Crippen LogP contribution in [0.1, 0.15) is 23.9 Å². The van der Waals surface area contributed by atoms with E-state index in [0.717, 1.165) is 25.5 Å². The summed E-state index contributed by atoms with van der Waals surface area (Å²) < 4.78 is 5.49. The summed E-state index contributed by atoms with van der Waals surface area (Å²) in [6.07, 6.45) is 1.19. The van der Waals surface area contributed by atoms with Gasteiger partial charge in [-0.25, -0.2) is 4.98 Å². The Kier molecular flexibility index (Phi) is 3.72. The second-order valence-corrected chi connectivity index (χ2v) is 4.99. The first-order valence-electron chi connectivity index (χ1n) is 5.51. The molecule has 1 aliphatic heterocycles. The van der Waals surface area contributed by atoms with Gasteiger partial charge in [-0.05, 0) is 19.3 Å². The van der Waals surface area contributed by atoms with Gasteiger partial charge >= 0.3 is 0 Å². The SMILES string of the molecule is CCC1COCC1NCc1scnc1C. The molecule has 2 heterocycles. The number of nitrogens with zero attached hydrogens (tertiary/aromatic N) is 1. The standard InChI is InChI=1S/C11H18N2OS/c1-3-9-5-14-6-10(9)12-4-11-8(2)13-7-15-11/h7,9-10,12H,3-6H2,1-2H3. The van der Waals surface area contributed by atoms with E-state index in [9.17, 15) is 0 Å². The first-order valence-corrected chi connectivity index (χ1v) is 6.39. The van der Waals surface area contributed by atoms with Gasteiger partial charge in [-0.3, -0.25) is 0 Å². The molecule has 1 aromatic rings. The minimum Gasteiger partial charge on any atom is -0.379 e. The van der Waals surface area contributed by atoms with E-state index in [-0.39, 0.29) is 0 Å². The second kappa shape index (κ2) is 5.05. The monoisotopic (exact) mass is 226 g/mol. The molecule has 1 N–H and O–H groups in total. The Morgan fingerprint density at radius 3 is 3.13 bits per heavy atom. The fourth-order valence-corrected chi connectivity index (χ4v) is 2.67. The van der Waals surface area contributed by atoms with Crippen LogP contribution in [0.3, 0.4) is 0 Å². The summed E-state index contributed by atoms with van der Waals surface area (Å²) >= 11 is 1.73. The van der Waals surface area contributed by atoms with Gasteiger partial charge in [-0.1, -0.05) is 6.92 Å². The zero-order chi connectivity index (χ0) is 10.7. The minimum absolute atomic E-state index is 0.525. The van der Waals surface area contributed by atoms with Gasteiger partial charge in [-0.15, -0.1) is 11.3 Å². The largest absolute Gasteiger partial charge is 0.379 e. The van der Waals surface area contributed by atoms with Gasteiger partial charge in [-0.2, -0.15) is 0 Å². The van der Waals surface area contributed by atoms with Crippen LogP contribution in [-0.2, 0) is 11.3 Å². The number of nitrogens with one attached hydrogen (secondary N) is 1. The molecule has 0 bridgehead atoms. The summed E-state index contributed by atoms with van der Waals surface area (Å²) in [5, 5.41) is 3.57. The Morgan fingerprint density at radius 2 is 2.47 bits per heavy atom. The second-order valence-electron chi connectivity index (χ2n) is 4.05. The lowest BCUT2D eigenvalue weighted by atomic mass is 10.0. The van der Waals surface area contributed by atoms with Crippen molar-refractivity contribution in [2.45, 2.75) is 32.9 Å². The van der Waals surface area contributed by atoms with Gasteiger partial charge in [0.2, 0.25) is 0 Å². The summed E-state index contributed by atoms with van der Waals surface area (Å²) in [5.41, 5.74) is 3.06. The number of thiazole rings is 1. The molecular formula is C11H18N2OS. The molecule has 1 saturated heterocycles. The quantitative estimate of drug-likeness (QED) is 0.852. The molecule has 2 atom stereocenters. The maximum atomic E-state index is 5.49. The lowest BCUT2D eigenvalue weighted by molar-refractivity contribution is 0.182. The van der Waals surface area contributed by atoms with Crippen molar-refractivity contribution in [2.75, 3.05) is 13.2 Å². The molecule has 0 aromatic carbocycles. The van der Waals surface area contributed by atoms with Crippen molar-refractivity contribution < 1.29 is 4.74 Å². The van der Waals surface area contributed by atoms with Crippen LogP contribution in [0, 0.1) is 12.8 Å². The highest BCUT2D eigenvalue weighted by molar-refractivity contribution is 7.09. The molecule has 0 amide bonds. The van der Waals surface area contributed by atoms with E-state index in [4.69, 9.17) is 4.74 Å². The molecule has 1 fully saturated rings. The van der Waals surface area contributed by atoms with Crippen molar-refractivity contribution in [3.05, 3.63) is 16.1 Å². The van der Waals surface area contributed by atoms with Gasteiger partial charge in [0.1, 0.15) is 0 Å². The number of aryl methyl sites for hydroxylation is 1. The molecule has 1 aliphatic rings. The molecule has 15 heavy (non-hydrogen) atoms. The van der Waals surface area contributed by atoms with Crippen molar-refractivity contribution in [3.8, 4) is 0 Å². The highest BCUT2D eigenvalue weighted by atomic mass is 32.1. The highest BCUT2D eigenvalue weighted by Crippen LogP contribution is 2.18. The first kappa shape index (κ1) is 11.0. The van der Waals surface area contributed by atoms with Gasteiger partial charge in [0.15, 0.2) is 0 Å². The lowest BCUT2D eigenvalue weighted by Crippen LogP contribution is -2.34. The van der Waals surface area contributed by atoms with Crippen molar-refractivity contribution in [2.24, 2.45) is 5.92 Å². The van der Waals surface area contributed by atoms with Crippen molar-refractivity contribution in [1.29, 1.82) is 0 Å². The molecule has 0 radical (unpaired) electrons. The summed E-state index contributed by atoms with van der Waals surface area (Å²) in [7, 11) is 0. The van der Waals surface area contributed by atoms with Crippen LogP contribution in [0.15, 0.2) is 5.51 Å². The van der Waals surface area contributed by atoms with E-state index in [1.807, 2.05) is 5.51 Å². The number of ether oxygens (including phenoxy) is 1. The fourth-order valence-electron chi connectivity index (χ4n) is 1.95. The Labute approximate surface area is 94.9 Å². The minimum atomic E-state index is 0.525. The Balaban J connectivity index is 1.85. The smallest absolute Gasteiger partial charge is 0.0798 e. The van der Waals surface area contributed by atoms with Crippen LogP contribution in [0.5, 0.6) is 0 Å². The summed E-state index contributed by atoms with van der Waals surface area (Å²) in [6, 6.07) is 0.525. The number of hydrogen-bond donors (Lipinski definition) is 1. The van der Waals surface area contributed by atoms with Crippen molar-refractivity contribution in [1.82, 2.24) is 10.3 Å². The molecule has 84 valence electrons. The Morgan fingerprint density at radius 1 is 1.60 bits per heavy atom. The van der Waals surface area contributed by atoms with Gasteiger partial charge < -0.3 is 10.1 Å². The molecule has 2 unspecified atom stereocenters. The highest BCUT2D eigenvalue weighted by Gasteiger charge is 2.26. The van der Waals surface area contributed by atoms with Crippen LogP contribution in [0.4, 0.5) is 0 Å².